The lowest BCUT2D eigenvalue weighted by atomic mass is 9.86. The van der Waals surface area contributed by atoms with Gasteiger partial charge in [-0.3, -0.25) is 9.59 Å². The monoisotopic (exact) mass is 600 g/mol. The molecule has 0 radical (unpaired) electrons. The van der Waals surface area contributed by atoms with Crippen LogP contribution in [-0.2, 0) is 32.3 Å². The van der Waals surface area contributed by atoms with Gasteiger partial charge in [-0.05, 0) is 61.7 Å². The Labute approximate surface area is 242 Å². The standard InChI is InChI=1S/C30H31F3N4O4S/c1-22-10-12-26(13-11-22)42(40,41)36-16-14-29(15-17-36)28(39)35(21-37(29)25-8-3-2-4-9-25)20-27(38)34-19-23-6-5-7-24(18-23)30(31,32)33/h2-13,18H,14-17,19-21H2,1H3,(H,34,38). The third kappa shape index (κ3) is 5.86. The summed E-state index contributed by atoms with van der Waals surface area (Å²) in [5.41, 5.74) is 0.158. The third-order valence-corrected chi connectivity index (χ3v) is 9.78. The summed E-state index contributed by atoms with van der Waals surface area (Å²) in [5, 5.41) is 2.61. The summed E-state index contributed by atoms with van der Waals surface area (Å²) < 4.78 is 67.2. The van der Waals surface area contributed by atoms with Gasteiger partial charge in [0, 0.05) is 25.3 Å². The van der Waals surface area contributed by atoms with E-state index in [0.29, 0.717) is 0 Å². The molecule has 0 atom stereocenters. The fourth-order valence-electron chi connectivity index (χ4n) is 5.57. The number of carbonyl (C=O) groups excluding carboxylic acids is 2. The largest absolute Gasteiger partial charge is 0.416 e. The van der Waals surface area contributed by atoms with E-state index in [1.54, 1.807) is 24.3 Å². The Bertz CT molecular complexity index is 1560. The molecule has 3 aromatic rings. The first-order valence-electron chi connectivity index (χ1n) is 13.5. The van der Waals surface area contributed by atoms with E-state index < -0.39 is 33.2 Å². The highest BCUT2D eigenvalue weighted by Gasteiger charge is 2.55. The van der Waals surface area contributed by atoms with Gasteiger partial charge in [-0.1, -0.05) is 48.0 Å². The lowest BCUT2D eigenvalue weighted by Crippen LogP contribution is -2.57. The fourth-order valence-corrected chi connectivity index (χ4v) is 7.01. The van der Waals surface area contributed by atoms with Gasteiger partial charge in [0.05, 0.1) is 17.1 Å². The highest BCUT2D eigenvalue weighted by atomic mass is 32.2. The number of halogens is 3. The number of benzene rings is 3. The summed E-state index contributed by atoms with van der Waals surface area (Å²) in [6, 6.07) is 20.6. The van der Waals surface area contributed by atoms with Crippen LogP contribution in [0, 0.1) is 6.92 Å². The lowest BCUT2D eigenvalue weighted by molar-refractivity contribution is -0.138. The number of amides is 2. The maximum atomic E-state index is 13.9. The molecule has 0 aliphatic carbocycles. The number of nitrogens with one attached hydrogen (secondary N) is 1. The second kappa shape index (κ2) is 11.4. The number of para-hydroxylation sites is 1. The SMILES string of the molecule is Cc1ccc(S(=O)(=O)N2CCC3(CC2)C(=O)N(CC(=O)NCc2cccc(C(F)(F)F)c2)CN3c2ccccc2)cc1. The zero-order chi connectivity index (χ0) is 30.1. The van der Waals surface area contributed by atoms with Crippen molar-refractivity contribution in [3.05, 3.63) is 95.6 Å². The van der Waals surface area contributed by atoms with E-state index in [2.05, 4.69) is 5.32 Å². The molecule has 1 N–H and O–H groups in total. The minimum Gasteiger partial charge on any atom is -0.350 e. The van der Waals surface area contributed by atoms with E-state index in [1.165, 1.54) is 21.3 Å². The van der Waals surface area contributed by atoms with Crippen molar-refractivity contribution in [1.82, 2.24) is 14.5 Å². The number of nitrogens with zero attached hydrogens (tertiary/aromatic N) is 3. The zero-order valence-corrected chi connectivity index (χ0v) is 23.8. The summed E-state index contributed by atoms with van der Waals surface area (Å²) in [6.07, 6.45) is -4.03. The molecule has 0 bridgehead atoms. The second-order valence-electron chi connectivity index (χ2n) is 10.6. The fraction of sp³-hybridized carbons (Fsp3) is 0.333. The number of carbonyl (C=O) groups is 2. The Hall–Kier alpha value is -3.90. The van der Waals surface area contributed by atoms with Gasteiger partial charge in [0.15, 0.2) is 0 Å². The Morgan fingerprint density at radius 1 is 0.952 bits per heavy atom. The van der Waals surface area contributed by atoms with Gasteiger partial charge >= 0.3 is 6.18 Å². The number of rotatable bonds is 7. The molecular formula is C30H31F3N4O4S. The quantitative estimate of drug-likeness (QED) is 0.440. The zero-order valence-electron chi connectivity index (χ0n) is 23.0. The molecule has 2 amide bonds. The topological polar surface area (TPSA) is 90.0 Å². The molecule has 1 spiro atoms. The van der Waals surface area contributed by atoms with Crippen LogP contribution in [-0.4, -0.2) is 61.3 Å². The number of piperidine rings is 1. The molecule has 8 nitrogen and oxygen atoms in total. The Morgan fingerprint density at radius 2 is 1.62 bits per heavy atom. The van der Waals surface area contributed by atoms with Crippen molar-refractivity contribution in [2.45, 2.75) is 42.9 Å². The van der Waals surface area contributed by atoms with Crippen LogP contribution >= 0.6 is 0 Å². The highest BCUT2D eigenvalue weighted by molar-refractivity contribution is 7.89. The molecule has 42 heavy (non-hydrogen) atoms. The number of aryl methyl sites for hydroxylation is 1. The van der Waals surface area contributed by atoms with Gasteiger partial charge in [-0.15, -0.1) is 0 Å². The molecule has 3 aromatic carbocycles. The maximum Gasteiger partial charge on any atom is 0.416 e. The van der Waals surface area contributed by atoms with Crippen LogP contribution in [0.4, 0.5) is 18.9 Å². The molecule has 2 heterocycles. The van der Waals surface area contributed by atoms with Crippen molar-refractivity contribution in [1.29, 1.82) is 0 Å². The minimum absolute atomic E-state index is 0.116. The van der Waals surface area contributed by atoms with Crippen LogP contribution < -0.4 is 10.2 Å². The van der Waals surface area contributed by atoms with Crippen LogP contribution in [0.2, 0.25) is 0 Å². The second-order valence-corrected chi connectivity index (χ2v) is 12.6. The van der Waals surface area contributed by atoms with E-state index in [-0.39, 0.29) is 62.1 Å². The summed E-state index contributed by atoms with van der Waals surface area (Å²) in [7, 11) is -3.75. The van der Waals surface area contributed by atoms with Gasteiger partial charge in [0.25, 0.3) is 0 Å². The molecule has 2 fully saturated rings. The van der Waals surface area contributed by atoms with Crippen molar-refractivity contribution in [3.8, 4) is 0 Å². The molecule has 222 valence electrons. The summed E-state index contributed by atoms with van der Waals surface area (Å²) in [6.45, 7) is 1.84. The van der Waals surface area contributed by atoms with Crippen molar-refractivity contribution in [2.75, 3.05) is 31.2 Å². The van der Waals surface area contributed by atoms with Gasteiger partial charge < -0.3 is 15.1 Å². The first-order chi connectivity index (χ1) is 19.9. The van der Waals surface area contributed by atoms with Crippen LogP contribution in [0.1, 0.15) is 29.5 Å². The van der Waals surface area contributed by atoms with Gasteiger partial charge in [-0.2, -0.15) is 17.5 Å². The molecular weight excluding hydrogens is 569 g/mol. The average Bonchev–Trinajstić information content (AvgIpc) is 3.23. The molecule has 0 saturated carbocycles. The van der Waals surface area contributed by atoms with Crippen molar-refractivity contribution < 1.29 is 31.2 Å². The lowest BCUT2D eigenvalue weighted by Gasteiger charge is -2.42. The first kappa shape index (κ1) is 29.6. The number of alkyl halides is 3. The molecule has 2 aliphatic rings. The van der Waals surface area contributed by atoms with E-state index in [4.69, 9.17) is 0 Å². The normalized spacial score (nSPS) is 17.6. The van der Waals surface area contributed by atoms with E-state index >= 15 is 0 Å². The van der Waals surface area contributed by atoms with Crippen LogP contribution in [0.15, 0.2) is 83.8 Å². The molecule has 5 rings (SSSR count). The summed E-state index contributed by atoms with van der Waals surface area (Å²) in [4.78, 5) is 30.3. The van der Waals surface area contributed by atoms with Crippen molar-refractivity contribution in [3.63, 3.8) is 0 Å². The van der Waals surface area contributed by atoms with E-state index in [1.807, 2.05) is 42.2 Å². The van der Waals surface area contributed by atoms with Gasteiger partial charge in [0.2, 0.25) is 21.8 Å². The predicted octanol–water partition coefficient (Wildman–Crippen LogP) is 4.16. The Morgan fingerprint density at radius 3 is 2.26 bits per heavy atom. The van der Waals surface area contributed by atoms with Gasteiger partial charge in [0.1, 0.15) is 12.1 Å². The number of anilines is 1. The molecule has 0 unspecified atom stereocenters. The molecule has 12 heteroatoms. The molecule has 2 saturated heterocycles. The van der Waals surface area contributed by atoms with E-state index in [0.717, 1.165) is 23.4 Å². The number of hydrogen-bond acceptors (Lipinski definition) is 5. The summed E-state index contributed by atoms with van der Waals surface area (Å²) in [5.74, 6) is -0.793. The maximum absolute atomic E-state index is 13.9. The Balaban J connectivity index is 1.30. The van der Waals surface area contributed by atoms with E-state index in [9.17, 15) is 31.2 Å². The Kier molecular flexibility index (Phi) is 8.04. The van der Waals surface area contributed by atoms with Crippen molar-refractivity contribution in [2.24, 2.45) is 0 Å². The van der Waals surface area contributed by atoms with Crippen molar-refractivity contribution >= 4 is 27.5 Å². The minimum atomic E-state index is -4.49. The molecule has 0 aromatic heterocycles. The van der Waals surface area contributed by atoms with Crippen LogP contribution in [0.5, 0.6) is 0 Å². The number of hydrogen-bond donors (Lipinski definition) is 1. The van der Waals surface area contributed by atoms with Crippen LogP contribution in [0.3, 0.4) is 0 Å². The highest BCUT2D eigenvalue weighted by Crippen LogP contribution is 2.40. The predicted molar refractivity (Wildman–Crippen MR) is 151 cm³/mol. The third-order valence-electron chi connectivity index (χ3n) is 7.87. The smallest absolute Gasteiger partial charge is 0.350 e. The molecule has 2 aliphatic heterocycles. The first-order valence-corrected chi connectivity index (χ1v) is 15.0. The number of sulfonamides is 1. The average molecular weight is 601 g/mol. The summed E-state index contributed by atoms with van der Waals surface area (Å²) >= 11 is 0. The van der Waals surface area contributed by atoms with Crippen LogP contribution in [0.25, 0.3) is 0 Å². The van der Waals surface area contributed by atoms with Gasteiger partial charge in [-0.25, -0.2) is 8.42 Å².